The molecule has 0 unspecified atom stereocenters. The van der Waals surface area contributed by atoms with E-state index < -0.39 is 18.1 Å². The maximum absolute atomic E-state index is 12.3. The van der Waals surface area contributed by atoms with E-state index in [2.05, 4.69) is 20.7 Å². The lowest BCUT2D eigenvalue weighted by Crippen LogP contribution is -2.17. The van der Waals surface area contributed by atoms with Gasteiger partial charge in [0.1, 0.15) is 17.1 Å². The predicted octanol–water partition coefficient (Wildman–Crippen LogP) is 5.16. The minimum Gasteiger partial charge on any atom is -0.493 e. The van der Waals surface area contributed by atoms with E-state index in [1.165, 1.54) is 19.2 Å². The predicted molar refractivity (Wildman–Crippen MR) is 85.6 cm³/mol. The van der Waals surface area contributed by atoms with E-state index >= 15 is 0 Å². The molecule has 0 aromatic heterocycles. The lowest BCUT2D eigenvalue weighted by Gasteiger charge is -2.15. The minimum absolute atomic E-state index is 0.0241. The Morgan fingerprint density at radius 2 is 1.76 bits per heavy atom. The fourth-order valence-corrected chi connectivity index (χ4v) is 2.39. The highest BCUT2D eigenvalue weighted by Crippen LogP contribution is 2.38. The second-order valence-corrected chi connectivity index (χ2v) is 5.67. The average molecular weight is 421 g/mol. The molecule has 0 atom stereocenters. The van der Waals surface area contributed by atoms with E-state index in [1.54, 1.807) is 13.0 Å². The topological polar surface area (TPSA) is 65.0 Å². The van der Waals surface area contributed by atoms with Gasteiger partial charge in [-0.1, -0.05) is 15.9 Å². The van der Waals surface area contributed by atoms with E-state index in [0.29, 0.717) is 10.0 Å². The van der Waals surface area contributed by atoms with Gasteiger partial charge in [-0.15, -0.1) is 13.2 Å². The van der Waals surface area contributed by atoms with Crippen molar-refractivity contribution in [3.8, 4) is 23.0 Å². The third-order valence-corrected chi connectivity index (χ3v) is 4.02. The highest BCUT2D eigenvalue weighted by molar-refractivity contribution is 9.10. The lowest BCUT2D eigenvalue weighted by molar-refractivity contribution is -0.274. The molecule has 0 fully saturated rings. The molecule has 0 bridgehead atoms. The van der Waals surface area contributed by atoms with Gasteiger partial charge >= 0.3 is 12.3 Å². The third-order valence-electron chi connectivity index (χ3n) is 3.16. The summed E-state index contributed by atoms with van der Waals surface area (Å²) in [5, 5.41) is 9.37. The molecule has 0 saturated heterocycles. The molecule has 1 N–H and O–H groups in total. The monoisotopic (exact) mass is 420 g/mol. The Morgan fingerprint density at radius 1 is 1.12 bits per heavy atom. The summed E-state index contributed by atoms with van der Waals surface area (Å²) in [4.78, 5) is 11.5. The number of ether oxygens (including phenoxy) is 3. The van der Waals surface area contributed by atoms with Crippen molar-refractivity contribution in [3.63, 3.8) is 0 Å². The van der Waals surface area contributed by atoms with Gasteiger partial charge in [-0.05, 0) is 36.8 Å². The quantitative estimate of drug-likeness (QED) is 0.723. The lowest BCUT2D eigenvalue weighted by atomic mass is 10.1. The first-order valence-electron chi connectivity index (χ1n) is 6.76. The SMILES string of the molecule is COc1cc(OC(F)(F)F)ccc1Oc1ccc(Br)c(C)c1C(=O)O. The normalized spacial score (nSPS) is 11.1. The van der Waals surface area contributed by atoms with E-state index in [0.717, 1.165) is 12.1 Å². The van der Waals surface area contributed by atoms with Gasteiger partial charge in [0, 0.05) is 10.5 Å². The van der Waals surface area contributed by atoms with Crippen LogP contribution < -0.4 is 14.2 Å². The van der Waals surface area contributed by atoms with Crippen LogP contribution in [-0.4, -0.2) is 24.5 Å². The molecule has 0 spiro atoms. The van der Waals surface area contributed by atoms with Crippen LogP contribution in [0.1, 0.15) is 15.9 Å². The summed E-state index contributed by atoms with van der Waals surface area (Å²) in [6.07, 6.45) is -4.84. The van der Waals surface area contributed by atoms with Crippen LogP contribution in [0.5, 0.6) is 23.0 Å². The molecule has 134 valence electrons. The molecular formula is C16H12BrF3O5. The second-order valence-electron chi connectivity index (χ2n) is 4.81. The first-order valence-corrected chi connectivity index (χ1v) is 7.55. The molecule has 5 nitrogen and oxygen atoms in total. The Labute approximate surface area is 149 Å². The van der Waals surface area contributed by atoms with Crippen LogP contribution in [-0.2, 0) is 0 Å². The molecular weight excluding hydrogens is 409 g/mol. The van der Waals surface area contributed by atoms with Gasteiger partial charge < -0.3 is 19.3 Å². The Balaban J connectivity index is 2.41. The smallest absolute Gasteiger partial charge is 0.493 e. The first-order chi connectivity index (χ1) is 11.6. The molecule has 2 aromatic rings. The fourth-order valence-electron chi connectivity index (χ4n) is 2.06. The fraction of sp³-hybridized carbons (Fsp3) is 0.188. The third kappa shape index (κ3) is 4.56. The molecule has 0 saturated carbocycles. The van der Waals surface area contributed by atoms with Crippen LogP contribution in [0.3, 0.4) is 0 Å². The largest absolute Gasteiger partial charge is 0.573 e. The molecule has 0 radical (unpaired) electrons. The number of hydrogen-bond acceptors (Lipinski definition) is 4. The number of rotatable bonds is 5. The number of hydrogen-bond donors (Lipinski definition) is 1. The van der Waals surface area contributed by atoms with Gasteiger partial charge in [-0.3, -0.25) is 0 Å². The summed E-state index contributed by atoms with van der Waals surface area (Å²) >= 11 is 3.23. The van der Waals surface area contributed by atoms with Crippen LogP contribution >= 0.6 is 15.9 Å². The summed E-state index contributed by atoms with van der Waals surface area (Å²) in [6.45, 7) is 1.60. The molecule has 0 heterocycles. The number of methoxy groups -OCH3 is 1. The van der Waals surface area contributed by atoms with E-state index in [1.807, 2.05) is 0 Å². The number of carboxylic acids is 1. The number of carbonyl (C=O) groups is 1. The molecule has 9 heteroatoms. The van der Waals surface area contributed by atoms with Crippen molar-refractivity contribution in [1.82, 2.24) is 0 Å². The number of aromatic carboxylic acids is 1. The Kier molecular flexibility index (Phi) is 5.46. The molecule has 25 heavy (non-hydrogen) atoms. The highest BCUT2D eigenvalue weighted by atomic mass is 79.9. The number of carboxylic acid groups (broad SMARTS) is 1. The summed E-state index contributed by atoms with van der Waals surface area (Å²) in [5.74, 6) is -1.66. The molecule has 0 aliphatic heterocycles. The second kappa shape index (κ2) is 7.22. The maximum Gasteiger partial charge on any atom is 0.573 e. The zero-order chi connectivity index (χ0) is 18.8. The number of alkyl halides is 3. The standard InChI is InChI=1S/C16H12BrF3O5/c1-8-10(17)4-6-12(14(8)15(21)22)24-11-5-3-9(7-13(11)23-2)25-16(18,19)20/h3-7H,1-2H3,(H,21,22). The summed E-state index contributed by atoms with van der Waals surface area (Å²) < 4.78 is 51.8. The molecule has 0 aliphatic carbocycles. The highest BCUT2D eigenvalue weighted by Gasteiger charge is 2.31. The van der Waals surface area contributed by atoms with Crippen molar-refractivity contribution < 1.29 is 37.3 Å². The minimum atomic E-state index is -4.84. The molecule has 2 rings (SSSR count). The van der Waals surface area contributed by atoms with Crippen molar-refractivity contribution >= 4 is 21.9 Å². The van der Waals surface area contributed by atoms with Gasteiger partial charge in [0.2, 0.25) is 0 Å². The van der Waals surface area contributed by atoms with E-state index in [9.17, 15) is 23.1 Å². The van der Waals surface area contributed by atoms with Crippen molar-refractivity contribution in [2.24, 2.45) is 0 Å². The summed E-state index contributed by atoms with van der Waals surface area (Å²) in [6, 6.07) is 6.26. The number of halogens is 4. The van der Waals surface area contributed by atoms with Crippen molar-refractivity contribution in [2.75, 3.05) is 7.11 Å². The van der Waals surface area contributed by atoms with Crippen molar-refractivity contribution in [1.29, 1.82) is 0 Å². The van der Waals surface area contributed by atoms with Gasteiger partial charge in [0.15, 0.2) is 11.5 Å². The summed E-state index contributed by atoms with van der Waals surface area (Å²) in [7, 11) is 1.24. The number of benzene rings is 2. The Hall–Kier alpha value is -2.42. The summed E-state index contributed by atoms with van der Waals surface area (Å²) in [5.41, 5.74) is 0.369. The molecule has 2 aromatic carbocycles. The van der Waals surface area contributed by atoms with E-state index in [4.69, 9.17) is 9.47 Å². The zero-order valence-corrected chi connectivity index (χ0v) is 14.6. The molecule has 0 aliphatic rings. The van der Waals surface area contributed by atoms with Gasteiger partial charge in [0.05, 0.1) is 7.11 Å². The van der Waals surface area contributed by atoms with Crippen molar-refractivity contribution in [3.05, 3.63) is 45.9 Å². The van der Waals surface area contributed by atoms with Crippen LogP contribution in [0.2, 0.25) is 0 Å². The zero-order valence-electron chi connectivity index (χ0n) is 13.0. The van der Waals surface area contributed by atoms with Gasteiger partial charge in [-0.25, -0.2) is 4.79 Å². The Morgan fingerprint density at radius 3 is 2.32 bits per heavy atom. The van der Waals surface area contributed by atoms with Crippen LogP contribution in [0.4, 0.5) is 13.2 Å². The van der Waals surface area contributed by atoms with Crippen LogP contribution in [0, 0.1) is 6.92 Å². The molecule has 0 amide bonds. The Bertz CT molecular complexity index is 805. The average Bonchev–Trinajstić information content (AvgIpc) is 2.50. The van der Waals surface area contributed by atoms with Crippen LogP contribution in [0.15, 0.2) is 34.8 Å². The van der Waals surface area contributed by atoms with Crippen molar-refractivity contribution in [2.45, 2.75) is 13.3 Å². The first kappa shape index (κ1) is 18.9. The maximum atomic E-state index is 12.3. The van der Waals surface area contributed by atoms with E-state index in [-0.39, 0.29) is 22.8 Å². The van der Waals surface area contributed by atoms with Gasteiger partial charge in [-0.2, -0.15) is 0 Å². The van der Waals surface area contributed by atoms with Crippen LogP contribution in [0.25, 0.3) is 0 Å². The van der Waals surface area contributed by atoms with Gasteiger partial charge in [0.25, 0.3) is 0 Å².